The molecule has 0 saturated heterocycles. The minimum absolute atomic E-state index is 0.425. The predicted molar refractivity (Wildman–Crippen MR) is 103 cm³/mol. The molecule has 0 N–H and O–H groups in total. The third-order valence-electron chi connectivity index (χ3n) is 4.89. The lowest BCUT2D eigenvalue weighted by molar-refractivity contribution is -0.137. The normalized spacial score (nSPS) is 14.8. The molecule has 5 heteroatoms. The van der Waals surface area contributed by atoms with Crippen LogP contribution in [-0.2, 0) is 19.3 Å². The number of nitrogens with zero attached hydrogens (tertiary/aromatic N) is 1. The van der Waals surface area contributed by atoms with Crippen LogP contribution >= 0.6 is 0 Å². The van der Waals surface area contributed by atoms with Gasteiger partial charge >= 0.3 is 6.18 Å². The molecular weight excluding hydrogens is 363 g/mol. The molecule has 1 aliphatic rings. The van der Waals surface area contributed by atoms with Gasteiger partial charge < -0.3 is 4.74 Å². The van der Waals surface area contributed by atoms with E-state index in [-0.39, 0.29) is 0 Å². The van der Waals surface area contributed by atoms with Crippen LogP contribution in [-0.4, -0.2) is 18.1 Å². The molecule has 1 aliphatic heterocycles. The van der Waals surface area contributed by atoms with E-state index in [0.29, 0.717) is 37.6 Å². The van der Waals surface area contributed by atoms with Gasteiger partial charge in [-0.05, 0) is 41.0 Å². The molecule has 0 atom stereocenters. The van der Waals surface area contributed by atoms with Crippen molar-refractivity contribution in [3.63, 3.8) is 0 Å². The van der Waals surface area contributed by atoms with E-state index in [1.807, 2.05) is 30.3 Å². The average molecular weight is 383 g/mol. The van der Waals surface area contributed by atoms with Crippen molar-refractivity contribution in [3.05, 3.63) is 89.5 Å². The van der Waals surface area contributed by atoms with Crippen molar-refractivity contribution in [2.45, 2.75) is 19.3 Å². The van der Waals surface area contributed by atoms with Gasteiger partial charge in [0.15, 0.2) is 0 Å². The lowest BCUT2D eigenvalue weighted by Gasteiger charge is -2.20. The number of ether oxygens (including phenoxy) is 1. The highest BCUT2D eigenvalue weighted by atomic mass is 19.4. The largest absolute Gasteiger partial charge is 0.492 e. The molecule has 0 saturated carbocycles. The van der Waals surface area contributed by atoms with Crippen molar-refractivity contribution in [1.82, 2.24) is 4.90 Å². The van der Waals surface area contributed by atoms with E-state index in [9.17, 15) is 13.2 Å². The van der Waals surface area contributed by atoms with Crippen molar-refractivity contribution in [1.29, 1.82) is 0 Å². The maximum atomic E-state index is 13.1. The smallest absolute Gasteiger partial charge is 0.416 e. The molecule has 0 spiro atoms. The third kappa shape index (κ3) is 4.20. The maximum Gasteiger partial charge on any atom is 0.416 e. The van der Waals surface area contributed by atoms with Gasteiger partial charge in [-0.2, -0.15) is 13.2 Å². The summed E-state index contributed by atoms with van der Waals surface area (Å²) in [6.07, 6.45) is -4.35. The predicted octanol–water partition coefficient (Wildman–Crippen LogP) is 5.77. The summed E-state index contributed by atoms with van der Waals surface area (Å²) < 4.78 is 44.8. The maximum absolute atomic E-state index is 13.1. The zero-order valence-corrected chi connectivity index (χ0v) is 15.2. The summed E-state index contributed by atoms with van der Waals surface area (Å²) in [6, 6.07) is 22.1. The molecule has 0 unspecified atom stereocenters. The van der Waals surface area contributed by atoms with Gasteiger partial charge in [0.05, 0.1) is 5.56 Å². The summed E-state index contributed by atoms with van der Waals surface area (Å²) in [5.74, 6) is 0.536. The van der Waals surface area contributed by atoms with Crippen molar-refractivity contribution < 1.29 is 17.9 Å². The fourth-order valence-electron chi connectivity index (χ4n) is 3.50. The van der Waals surface area contributed by atoms with Gasteiger partial charge in [-0.1, -0.05) is 48.5 Å². The highest BCUT2D eigenvalue weighted by Crippen LogP contribution is 2.34. The van der Waals surface area contributed by atoms with E-state index in [0.717, 1.165) is 22.8 Å². The Bertz CT molecular complexity index is 954. The minimum Gasteiger partial charge on any atom is -0.492 e. The van der Waals surface area contributed by atoms with Gasteiger partial charge in [0, 0.05) is 25.2 Å². The van der Waals surface area contributed by atoms with Gasteiger partial charge in [0.2, 0.25) is 0 Å². The molecule has 0 radical (unpaired) electrons. The molecule has 2 nitrogen and oxygen atoms in total. The number of benzene rings is 3. The number of halogens is 3. The van der Waals surface area contributed by atoms with Crippen LogP contribution in [0.4, 0.5) is 13.2 Å². The Balaban J connectivity index is 1.55. The number of fused-ring (bicyclic) bond motifs is 1. The first kappa shape index (κ1) is 18.6. The van der Waals surface area contributed by atoms with E-state index >= 15 is 0 Å². The Kier molecular flexibility index (Phi) is 5.09. The van der Waals surface area contributed by atoms with Crippen molar-refractivity contribution >= 4 is 0 Å². The van der Waals surface area contributed by atoms with Gasteiger partial charge in [-0.3, -0.25) is 4.90 Å². The molecule has 0 fully saturated rings. The van der Waals surface area contributed by atoms with Crippen molar-refractivity contribution in [3.8, 4) is 16.9 Å². The van der Waals surface area contributed by atoms with E-state index in [4.69, 9.17) is 4.74 Å². The topological polar surface area (TPSA) is 12.5 Å². The van der Waals surface area contributed by atoms with E-state index < -0.39 is 11.7 Å². The SMILES string of the molecule is FC(F)(F)c1ccc2c(c1)CN(Cc1cccc(-c3ccccc3)c1)CCO2. The van der Waals surface area contributed by atoms with Crippen molar-refractivity contribution in [2.75, 3.05) is 13.2 Å². The van der Waals surface area contributed by atoms with Crippen LogP contribution in [0.25, 0.3) is 11.1 Å². The monoisotopic (exact) mass is 383 g/mol. The summed E-state index contributed by atoms with van der Waals surface area (Å²) >= 11 is 0. The Morgan fingerprint density at radius 1 is 0.857 bits per heavy atom. The van der Waals surface area contributed by atoms with Crippen LogP contribution in [0.3, 0.4) is 0 Å². The van der Waals surface area contributed by atoms with Crippen LogP contribution in [0.5, 0.6) is 5.75 Å². The second-order valence-electron chi connectivity index (χ2n) is 6.95. The number of hydrogen-bond acceptors (Lipinski definition) is 2. The molecule has 144 valence electrons. The fourth-order valence-corrected chi connectivity index (χ4v) is 3.50. The molecule has 4 rings (SSSR count). The van der Waals surface area contributed by atoms with Crippen LogP contribution in [0, 0.1) is 0 Å². The highest BCUT2D eigenvalue weighted by Gasteiger charge is 2.31. The van der Waals surface area contributed by atoms with Gasteiger partial charge in [-0.15, -0.1) is 0 Å². The zero-order chi connectivity index (χ0) is 19.6. The first-order chi connectivity index (χ1) is 13.5. The Morgan fingerprint density at radius 2 is 1.64 bits per heavy atom. The number of rotatable bonds is 3. The molecular formula is C23H20F3NO. The fraction of sp³-hybridized carbons (Fsp3) is 0.217. The Morgan fingerprint density at radius 3 is 2.43 bits per heavy atom. The first-order valence-corrected chi connectivity index (χ1v) is 9.19. The summed E-state index contributed by atoms with van der Waals surface area (Å²) in [5.41, 5.74) is 3.33. The molecule has 0 bridgehead atoms. The van der Waals surface area contributed by atoms with Gasteiger partial charge in [0.1, 0.15) is 12.4 Å². The summed E-state index contributed by atoms with van der Waals surface area (Å²) in [4.78, 5) is 2.12. The van der Waals surface area contributed by atoms with Crippen molar-refractivity contribution in [2.24, 2.45) is 0 Å². The van der Waals surface area contributed by atoms with Crippen LogP contribution in [0.15, 0.2) is 72.8 Å². The first-order valence-electron chi connectivity index (χ1n) is 9.19. The minimum atomic E-state index is -4.35. The Labute approximate surface area is 162 Å². The van der Waals surface area contributed by atoms with E-state index in [2.05, 4.69) is 29.2 Å². The van der Waals surface area contributed by atoms with E-state index in [1.165, 1.54) is 12.1 Å². The lowest BCUT2D eigenvalue weighted by Crippen LogP contribution is -2.25. The zero-order valence-electron chi connectivity index (χ0n) is 15.2. The van der Waals surface area contributed by atoms with Gasteiger partial charge in [0.25, 0.3) is 0 Å². The number of alkyl halides is 3. The second kappa shape index (κ2) is 7.68. The highest BCUT2D eigenvalue weighted by molar-refractivity contribution is 5.63. The van der Waals surface area contributed by atoms with Gasteiger partial charge in [-0.25, -0.2) is 0 Å². The molecule has 28 heavy (non-hydrogen) atoms. The standard InChI is InChI=1S/C23H20F3NO/c24-23(25,26)21-9-10-22-20(14-21)16-27(11-12-28-22)15-17-5-4-8-19(13-17)18-6-2-1-3-7-18/h1-10,13-14H,11-12,15-16H2. The number of hydrogen-bond donors (Lipinski definition) is 0. The lowest BCUT2D eigenvalue weighted by atomic mass is 10.0. The second-order valence-corrected chi connectivity index (χ2v) is 6.95. The van der Waals surface area contributed by atoms with Crippen LogP contribution in [0.1, 0.15) is 16.7 Å². The average Bonchev–Trinajstić information content (AvgIpc) is 2.89. The molecule has 3 aromatic rings. The third-order valence-corrected chi connectivity index (χ3v) is 4.89. The summed E-state index contributed by atoms with van der Waals surface area (Å²) in [6.45, 7) is 2.19. The van der Waals surface area contributed by atoms with E-state index in [1.54, 1.807) is 0 Å². The van der Waals surface area contributed by atoms with Crippen LogP contribution in [0.2, 0.25) is 0 Å². The summed E-state index contributed by atoms with van der Waals surface area (Å²) in [5, 5.41) is 0. The quantitative estimate of drug-likeness (QED) is 0.570. The summed E-state index contributed by atoms with van der Waals surface area (Å²) in [7, 11) is 0. The molecule has 0 amide bonds. The molecule has 0 aromatic heterocycles. The molecule has 3 aromatic carbocycles. The molecule has 1 heterocycles. The molecule has 0 aliphatic carbocycles. The Hall–Kier alpha value is -2.79. The van der Waals surface area contributed by atoms with Crippen LogP contribution < -0.4 is 4.74 Å².